The average Bonchev–Trinajstić information content (AvgIpc) is 2.70. The maximum absolute atomic E-state index is 12.1. The van der Waals surface area contributed by atoms with Crippen LogP contribution in [0.25, 0.3) is 0 Å². The number of nitrogens with one attached hydrogen (secondary N) is 4. The van der Waals surface area contributed by atoms with Crippen LogP contribution in [0.2, 0.25) is 0 Å². The molecule has 0 aromatic heterocycles. The molecule has 12 nitrogen and oxygen atoms in total. The SMILES string of the molecule is C[C@H](NC(=O)CNC(=O)OCc1ccccc1)C(=O)N[C@@H](C)C(=O)N[C@@H](C)P(=O)([O-])[O-]. The summed E-state index contributed by atoms with van der Waals surface area (Å²) in [5, 5.41) is 8.80. The first-order chi connectivity index (χ1) is 14.4. The Morgan fingerprint density at radius 3 is 2.06 bits per heavy atom. The fourth-order valence-electron chi connectivity index (χ4n) is 2.10. The van der Waals surface area contributed by atoms with Gasteiger partial charge in [-0.25, -0.2) is 4.79 Å². The molecule has 0 saturated carbocycles. The zero-order valence-electron chi connectivity index (χ0n) is 17.2. The van der Waals surface area contributed by atoms with Crippen molar-refractivity contribution in [1.29, 1.82) is 0 Å². The number of carbonyl (C=O) groups is 4. The van der Waals surface area contributed by atoms with Crippen LogP contribution in [-0.2, 0) is 30.3 Å². The van der Waals surface area contributed by atoms with Gasteiger partial charge in [0.15, 0.2) is 0 Å². The van der Waals surface area contributed by atoms with Crippen LogP contribution in [0, 0.1) is 0 Å². The van der Waals surface area contributed by atoms with E-state index in [1.54, 1.807) is 24.3 Å². The molecule has 13 heteroatoms. The number of carbonyl (C=O) groups excluding carboxylic acids is 4. The Morgan fingerprint density at radius 1 is 0.935 bits per heavy atom. The van der Waals surface area contributed by atoms with Crippen LogP contribution in [-0.4, -0.2) is 48.2 Å². The number of alkyl carbamates (subject to hydrolysis) is 1. The molecule has 172 valence electrons. The zero-order chi connectivity index (χ0) is 23.6. The molecular weight excluding hydrogens is 431 g/mol. The number of hydrogen-bond donors (Lipinski definition) is 4. The lowest BCUT2D eigenvalue weighted by molar-refractivity contribution is -0.316. The number of benzene rings is 1. The number of ether oxygens (including phenoxy) is 1. The van der Waals surface area contributed by atoms with E-state index in [0.29, 0.717) is 0 Å². The van der Waals surface area contributed by atoms with Crippen molar-refractivity contribution in [3.63, 3.8) is 0 Å². The van der Waals surface area contributed by atoms with Crippen LogP contribution in [0.15, 0.2) is 30.3 Å². The highest BCUT2D eigenvalue weighted by Gasteiger charge is 2.22. The van der Waals surface area contributed by atoms with Crippen molar-refractivity contribution in [3.05, 3.63) is 35.9 Å². The van der Waals surface area contributed by atoms with Crippen LogP contribution in [0.3, 0.4) is 0 Å². The van der Waals surface area contributed by atoms with Gasteiger partial charge in [0.05, 0.1) is 5.78 Å². The second-order valence-corrected chi connectivity index (χ2v) is 8.51. The summed E-state index contributed by atoms with van der Waals surface area (Å²) >= 11 is 0. The predicted molar refractivity (Wildman–Crippen MR) is 105 cm³/mol. The fourth-order valence-corrected chi connectivity index (χ4v) is 2.38. The molecule has 0 unspecified atom stereocenters. The maximum atomic E-state index is 12.1. The molecule has 0 spiro atoms. The van der Waals surface area contributed by atoms with Gasteiger partial charge in [-0.1, -0.05) is 30.3 Å². The van der Waals surface area contributed by atoms with E-state index in [1.165, 1.54) is 13.8 Å². The van der Waals surface area contributed by atoms with Crippen molar-refractivity contribution in [2.45, 2.75) is 45.2 Å². The number of rotatable bonds is 10. The molecule has 0 aliphatic heterocycles. The Bertz CT molecular complexity index is 829. The second kappa shape index (κ2) is 12.0. The first kappa shape index (κ1) is 26.1. The van der Waals surface area contributed by atoms with Gasteiger partial charge in [-0.15, -0.1) is 0 Å². The van der Waals surface area contributed by atoms with Gasteiger partial charge in [-0.3, -0.25) is 14.4 Å². The van der Waals surface area contributed by atoms with Gasteiger partial charge in [0, 0.05) is 0 Å². The van der Waals surface area contributed by atoms with Gasteiger partial charge in [-0.2, -0.15) is 0 Å². The summed E-state index contributed by atoms with van der Waals surface area (Å²) in [4.78, 5) is 69.1. The van der Waals surface area contributed by atoms with E-state index in [4.69, 9.17) is 4.74 Å². The Balaban J connectivity index is 2.35. The fraction of sp³-hybridized carbons (Fsp3) is 0.444. The summed E-state index contributed by atoms with van der Waals surface area (Å²) in [6.07, 6.45) is -0.815. The number of hydrogen-bond acceptors (Lipinski definition) is 8. The zero-order valence-corrected chi connectivity index (χ0v) is 18.1. The number of amides is 4. The molecular formula is C18H25N4O8P-2. The minimum Gasteiger partial charge on any atom is -0.809 e. The van der Waals surface area contributed by atoms with Crippen LogP contribution in [0.4, 0.5) is 4.79 Å². The van der Waals surface area contributed by atoms with E-state index in [-0.39, 0.29) is 6.61 Å². The highest BCUT2D eigenvalue weighted by Crippen LogP contribution is 2.28. The van der Waals surface area contributed by atoms with Gasteiger partial charge >= 0.3 is 6.09 Å². The predicted octanol–water partition coefficient (Wildman–Crippen LogP) is -1.70. The Labute approximate surface area is 179 Å². The van der Waals surface area contributed by atoms with Crippen LogP contribution < -0.4 is 31.1 Å². The molecule has 4 N–H and O–H groups in total. The lowest BCUT2D eigenvalue weighted by atomic mass is 10.2. The molecule has 0 aliphatic rings. The van der Waals surface area contributed by atoms with Gasteiger partial charge in [0.25, 0.3) is 0 Å². The second-order valence-electron chi connectivity index (χ2n) is 6.66. The van der Waals surface area contributed by atoms with Gasteiger partial charge < -0.3 is 40.4 Å². The molecule has 0 saturated heterocycles. The highest BCUT2D eigenvalue weighted by molar-refractivity contribution is 7.49. The lowest BCUT2D eigenvalue weighted by Crippen LogP contribution is -2.54. The summed E-state index contributed by atoms with van der Waals surface area (Å²) < 4.78 is 15.8. The summed E-state index contributed by atoms with van der Waals surface area (Å²) in [6.45, 7) is 3.21. The van der Waals surface area contributed by atoms with Crippen molar-refractivity contribution < 1.29 is 38.3 Å². The first-order valence-electron chi connectivity index (χ1n) is 9.26. The van der Waals surface area contributed by atoms with E-state index in [1.807, 2.05) is 11.4 Å². The third kappa shape index (κ3) is 10.1. The van der Waals surface area contributed by atoms with Crippen LogP contribution >= 0.6 is 7.60 Å². The van der Waals surface area contributed by atoms with E-state index in [9.17, 15) is 33.5 Å². The largest absolute Gasteiger partial charge is 0.809 e. The summed E-state index contributed by atoms with van der Waals surface area (Å²) in [5.74, 6) is -3.93. The minimum atomic E-state index is -5.01. The quantitative estimate of drug-likeness (QED) is 0.300. The van der Waals surface area contributed by atoms with Gasteiger partial charge in [0.1, 0.15) is 25.2 Å². The van der Waals surface area contributed by atoms with Crippen molar-refractivity contribution >= 4 is 31.4 Å². The Morgan fingerprint density at radius 2 is 1.48 bits per heavy atom. The lowest BCUT2D eigenvalue weighted by Gasteiger charge is -2.36. The first-order valence-corrected chi connectivity index (χ1v) is 10.9. The topological polar surface area (TPSA) is 189 Å². The van der Waals surface area contributed by atoms with E-state index < -0.39 is 55.8 Å². The molecule has 0 heterocycles. The van der Waals surface area contributed by atoms with E-state index in [2.05, 4.69) is 16.0 Å². The van der Waals surface area contributed by atoms with E-state index in [0.717, 1.165) is 12.5 Å². The van der Waals surface area contributed by atoms with Crippen molar-refractivity contribution in [3.8, 4) is 0 Å². The van der Waals surface area contributed by atoms with Crippen LogP contribution in [0.1, 0.15) is 26.3 Å². The van der Waals surface area contributed by atoms with Crippen molar-refractivity contribution in [1.82, 2.24) is 21.3 Å². The highest BCUT2D eigenvalue weighted by atomic mass is 31.2. The van der Waals surface area contributed by atoms with Crippen molar-refractivity contribution in [2.75, 3.05) is 6.54 Å². The van der Waals surface area contributed by atoms with E-state index >= 15 is 0 Å². The Hall–Kier alpha value is -2.95. The third-order valence-electron chi connectivity index (χ3n) is 3.95. The molecule has 1 aromatic carbocycles. The normalized spacial score (nSPS) is 13.8. The molecule has 4 amide bonds. The molecule has 3 atom stereocenters. The average molecular weight is 456 g/mol. The smallest absolute Gasteiger partial charge is 0.407 e. The standard InChI is InChI=1S/C18H27N4O8P/c1-11(16(24)21-12(2)17(25)22-13(3)31(27,28)29)20-15(23)9-19-18(26)30-10-14-7-5-4-6-8-14/h4-8,11-13H,9-10H2,1-3H3,(H,19,26)(H,20,23)(H,21,24)(H,22,25)(H2,27,28,29)/p-2/t11-,12-,13+/m0/s1. The molecule has 0 radical (unpaired) electrons. The summed E-state index contributed by atoms with van der Waals surface area (Å²) in [6, 6.07) is 6.70. The third-order valence-corrected chi connectivity index (χ3v) is 5.03. The minimum absolute atomic E-state index is 0.0276. The molecule has 1 aromatic rings. The molecule has 1 rings (SSSR count). The molecule has 31 heavy (non-hydrogen) atoms. The van der Waals surface area contributed by atoms with Crippen LogP contribution in [0.5, 0.6) is 0 Å². The van der Waals surface area contributed by atoms with Crippen molar-refractivity contribution in [2.24, 2.45) is 0 Å². The molecule has 0 aliphatic carbocycles. The maximum Gasteiger partial charge on any atom is 0.407 e. The summed E-state index contributed by atoms with van der Waals surface area (Å²) in [7, 11) is -5.01. The summed E-state index contributed by atoms with van der Waals surface area (Å²) in [5.41, 5.74) is 0.772. The molecule has 0 bridgehead atoms. The monoisotopic (exact) mass is 456 g/mol. The van der Waals surface area contributed by atoms with Gasteiger partial charge in [0.2, 0.25) is 17.7 Å². The Kier molecular flexibility index (Phi) is 10.1. The van der Waals surface area contributed by atoms with Gasteiger partial charge in [-0.05, 0) is 33.9 Å². The molecule has 0 fully saturated rings.